The number of aliphatic hydroxyl groups excluding tert-OH is 1. The Morgan fingerprint density at radius 1 is 0.442 bits per heavy atom. The van der Waals surface area contributed by atoms with Gasteiger partial charge in [-0.05, 0) is 58.0 Å². The predicted octanol–water partition coefficient (Wildman–Crippen LogP) is 11.5. The zero-order valence-corrected chi connectivity index (χ0v) is 34.8. The number of aliphatic hydroxyl groups is 1. The molecule has 0 bridgehead atoms. The van der Waals surface area contributed by atoms with Crippen LogP contribution in [0, 0.1) is 0 Å². The highest BCUT2D eigenvalue weighted by molar-refractivity contribution is 5.69. The number of carbonyl (C=O) groups excluding carboxylic acids is 2. The molecule has 0 atom stereocenters. The number of nitrogens with zero attached hydrogens (tertiary/aromatic N) is 1. The molecular formula is C44H87NO7. The van der Waals surface area contributed by atoms with Gasteiger partial charge in [0.05, 0.1) is 19.8 Å². The molecule has 0 aliphatic heterocycles. The first-order valence-electron chi connectivity index (χ1n) is 22.4. The van der Waals surface area contributed by atoms with Crippen LogP contribution >= 0.6 is 0 Å². The van der Waals surface area contributed by atoms with Crippen molar-refractivity contribution in [2.75, 3.05) is 52.7 Å². The zero-order valence-electron chi connectivity index (χ0n) is 34.8. The number of hydrogen-bond acceptors (Lipinski definition) is 8. The van der Waals surface area contributed by atoms with Crippen LogP contribution in [0.4, 0.5) is 0 Å². The molecular weight excluding hydrogens is 654 g/mol. The summed E-state index contributed by atoms with van der Waals surface area (Å²) >= 11 is 0. The molecule has 0 aliphatic rings. The maximum Gasteiger partial charge on any atom is 0.305 e. The minimum Gasteiger partial charge on any atom is -0.466 e. The second-order valence-electron chi connectivity index (χ2n) is 15.0. The van der Waals surface area contributed by atoms with Gasteiger partial charge in [-0.15, -0.1) is 0 Å². The summed E-state index contributed by atoms with van der Waals surface area (Å²) in [6.07, 6.45) is 32.8. The predicted molar refractivity (Wildman–Crippen MR) is 217 cm³/mol. The van der Waals surface area contributed by atoms with Crippen molar-refractivity contribution in [3.8, 4) is 0 Å². The second-order valence-corrected chi connectivity index (χ2v) is 15.0. The normalized spacial score (nSPS) is 11.6. The van der Waals surface area contributed by atoms with Gasteiger partial charge < -0.3 is 29.0 Å². The third-order valence-corrected chi connectivity index (χ3v) is 9.86. The Balaban J connectivity index is 4.01. The van der Waals surface area contributed by atoms with Gasteiger partial charge in [0.2, 0.25) is 0 Å². The van der Waals surface area contributed by atoms with E-state index in [2.05, 4.69) is 25.7 Å². The van der Waals surface area contributed by atoms with Crippen molar-refractivity contribution in [3.05, 3.63) is 0 Å². The Bertz CT molecular complexity index is 719. The lowest BCUT2D eigenvalue weighted by molar-refractivity contribution is -0.161. The van der Waals surface area contributed by atoms with Crippen molar-refractivity contribution in [1.82, 2.24) is 4.90 Å². The summed E-state index contributed by atoms with van der Waals surface area (Å²) in [7, 11) is 0. The highest BCUT2D eigenvalue weighted by Crippen LogP contribution is 2.13. The van der Waals surface area contributed by atoms with E-state index >= 15 is 0 Å². The van der Waals surface area contributed by atoms with E-state index < -0.39 is 0 Å². The summed E-state index contributed by atoms with van der Waals surface area (Å²) in [5, 5.41) is 9.52. The van der Waals surface area contributed by atoms with E-state index in [0.29, 0.717) is 52.2 Å². The quantitative estimate of drug-likeness (QED) is 0.0375. The Labute approximate surface area is 322 Å². The lowest BCUT2D eigenvalue weighted by atomic mass is 10.1. The molecule has 0 aromatic heterocycles. The molecule has 310 valence electrons. The molecule has 0 aromatic rings. The molecule has 0 aromatic carbocycles. The number of carbonyl (C=O) groups is 2. The Morgan fingerprint density at radius 2 is 0.808 bits per heavy atom. The SMILES string of the molecule is CCCCCCCCCCCOC(=O)CCCCCN(CCO)CCCCCC(=O)OCCC(OCCCCCCCC)OCCCCCCCC. The third kappa shape index (κ3) is 38.5. The molecule has 0 fully saturated rings. The molecule has 0 heterocycles. The van der Waals surface area contributed by atoms with Crippen molar-refractivity contribution < 1.29 is 33.6 Å². The molecule has 0 unspecified atom stereocenters. The number of ether oxygens (including phenoxy) is 4. The first kappa shape index (κ1) is 50.8. The molecule has 0 rings (SSSR count). The fourth-order valence-electron chi connectivity index (χ4n) is 6.46. The molecule has 1 N–H and O–H groups in total. The largest absolute Gasteiger partial charge is 0.466 e. The van der Waals surface area contributed by atoms with Crippen LogP contribution in [0.25, 0.3) is 0 Å². The Morgan fingerprint density at radius 3 is 1.23 bits per heavy atom. The van der Waals surface area contributed by atoms with Crippen LogP contribution < -0.4 is 0 Å². The van der Waals surface area contributed by atoms with Gasteiger partial charge in [0.15, 0.2) is 6.29 Å². The summed E-state index contributed by atoms with van der Waals surface area (Å²) in [6, 6.07) is 0. The van der Waals surface area contributed by atoms with Gasteiger partial charge in [0, 0.05) is 39.0 Å². The average molecular weight is 742 g/mol. The van der Waals surface area contributed by atoms with Crippen molar-refractivity contribution >= 4 is 11.9 Å². The molecule has 0 spiro atoms. The van der Waals surface area contributed by atoms with Crippen LogP contribution in [0.3, 0.4) is 0 Å². The Kier molecular flexibility index (Phi) is 41.5. The van der Waals surface area contributed by atoms with Gasteiger partial charge in [0.1, 0.15) is 0 Å². The van der Waals surface area contributed by atoms with Gasteiger partial charge in [-0.2, -0.15) is 0 Å². The summed E-state index contributed by atoms with van der Waals surface area (Å²) in [5.74, 6) is -0.219. The summed E-state index contributed by atoms with van der Waals surface area (Å²) in [5.41, 5.74) is 0. The lowest BCUT2D eigenvalue weighted by Gasteiger charge is -2.21. The molecule has 0 saturated carbocycles. The Hall–Kier alpha value is -1.22. The first-order chi connectivity index (χ1) is 25.6. The minimum absolute atomic E-state index is 0.0706. The van der Waals surface area contributed by atoms with Gasteiger partial charge in [-0.25, -0.2) is 0 Å². The van der Waals surface area contributed by atoms with Crippen LogP contribution in [-0.2, 0) is 28.5 Å². The maximum atomic E-state index is 12.4. The fraction of sp³-hybridized carbons (Fsp3) is 0.955. The van der Waals surface area contributed by atoms with Gasteiger partial charge >= 0.3 is 11.9 Å². The van der Waals surface area contributed by atoms with Crippen molar-refractivity contribution in [2.24, 2.45) is 0 Å². The van der Waals surface area contributed by atoms with E-state index in [1.165, 1.54) is 109 Å². The molecule has 0 radical (unpaired) electrons. The van der Waals surface area contributed by atoms with Crippen LogP contribution in [-0.4, -0.2) is 80.9 Å². The van der Waals surface area contributed by atoms with Crippen LogP contribution in [0.15, 0.2) is 0 Å². The molecule has 8 heteroatoms. The molecule has 0 amide bonds. The van der Waals surface area contributed by atoms with E-state index in [1.54, 1.807) is 0 Å². The monoisotopic (exact) mass is 742 g/mol. The third-order valence-electron chi connectivity index (χ3n) is 9.86. The number of rotatable bonds is 43. The van der Waals surface area contributed by atoms with Crippen LogP contribution in [0.5, 0.6) is 0 Å². The van der Waals surface area contributed by atoms with Crippen molar-refractivity contribution in [1.29, 1.82) is 0 Å². The fourth-order valence-corrected chi connectivity index (χ4v) is 6.46. The highest BCUT2D eigenvalue weighted by atomic mass is 16.7. The number of hydrogen-bond donors (Lipinski definition) is 1. The van der Waals surface area contributed by atoms with E-state index in [0.717, 1.165) is 77.3 Å². The zero-order chi connectivity index (χ0) is 38.0. The summed E-state index contributed by atoms with van der Waals surface area (Å²) < 4.78 is 23.1. The molecule has 8 nitrogen and oxygen atoms in total. The van der Waals surface area contributed by atoms with Crippen LogP contribution in [0.2, 0.25) is 0 Å². The summed E-state index contributed by atoms with van der Waals surface area (Å²) in [6.45, 7) is 11.6. The second kappa shape index (κ2) is 42.5. The first-order valence-corrected chi connectivity index (χ1v) is 22.4. The van der Waals surface area contributed by atoms with E-state index in [9.17, 15) is 14.7 Å². The number of unbranched alkanes of at least 4 members (excludes halogenated alkanes) is 22. The smallest absolute Gasteiger partial charge is 0.305 e. The van der Waals surface area contributed by atoms with Gasteiger partial charge in [0.25, 0.3) is 0 Å². The minimum atomic E-state index is -0.306. The summed E-state index contributed by atoms with van der Waals surface area (Å²) in [4.78, 5) is 26.8. The van der Waals surface area contributed by atoms with Crippen molar-refractivity contribution in [2.45, 2.75) is 220 Å². The lowest BCUT2D eigenvalue weighted by Crippen LogP contribution is -2.29. The number of esters is 2. The van der Waals surface area contributed by atoms with Crippen LogP contribution in [0.1, 0.15) is 213 Å². The van der Waals surface area contributed by atoms with Gasteiger partial charge in [-0.1, -0.05) is 149 Å². The molecule has 0 saturated heterocycles. The maximum absolute atomic E-state index is 12.4. The molecule has 0 aliphatic carbocycles. The van der Waals surface area contributed by atoms with E-state index in [4.69, 9.17) is 18.9 Å². The molecule has 52 heavy (non-hydrogen) atoms. The highest BCUT2D eigenvalue weighted by Gasteiger charge is 2.12. The van der Waals surface area contributed by atoms with E-state index in [1.807, 2.05) is 0 Å². The standard InChI is InChI=1S/C44H87NO7/c1-4-7-10-13-16-17-18-21-28-38-49-42(47)31-24-22-26-34-45(36-37-46)35-27-23-25-32-43(48)50-41-33-44(51-39-29-19-14-11-8-5-2)52-40-30-20-15-12-9-6-3/h44,46H,4-41H2,1-3H3. The van der Waals surface area contributed by atoms with Crippen molar-refractivity contribution in [3.63, 3.8) is 0 Å². The average Bonchev–Trinajstić information content (AvgIpc) is 3.14. The van der Waals surface area contributed by atoms with E-state index in [-0.39, 0.29) is 24.8 Å². The van der Waals surface area contributed by atoms with Gasteiger partial charge in [-0.3, -0.25) is 9.59 Å². The topological polar surface area (TPSA) is 94.5 Å².